The van der Waals surface area contributed by atoms with Crippen LogP contribution in [0.5, 0.6) is 5.88 Å². The summed E-state index contributed by atoms with van der Waals surface area (Å²) in [5.74, 6) is 0.117. The minimum absolute atomic E-state index is 0.176. The molecule has 6 nitrogen and oxygen atoms in total. The Balaban J connectivity index is 2.26. The summed E-state index contributed by atoms with van der Waals surface area (Å²) in [5, 5.41) is 2.72. The lowest BCUT2D eigenvalue weighted by atomic mass is 10.1. The largest absolute Gasteiger partial charge is 0.481 e. The zero-order chi connectivity index (χ0) is 17.0. The number of rotatable bonds is 4. The number of aryl methyl sites for hydroxylation is 1. The summed E-state index contributed by atoms with van der Waals surface area (Å²) in [6, 6.07) is 8.66. The van der Waals surface area contributed by atoms with E-state index in [-0.39, 0.29) is 11.8 Å². The molecule has 1 aromatic carbocycles. The molecule has 1 aromatic heterocycles. The Bertz CT molecular complexity index is 726. The zero-order valence-electron chi connectivity index (χ0n) is 13.6. The number of carbonyl (C=O) groups is 2. The van der Waals surface area contributed by atoms with Crippen molar-refractivity contribution < 1.29 is 14.3 Å². The van der Waals surface area contributed by atoms with E-state index in [0.29, 0.717) is 22.8 Å². The van der Waals surface area contributed by atoms with Crippen LogP contribution in [0, 0.1) is 6.92 Å². The third kappa shape index (κ3) is 3.85. The average molecular weight is 313 g/mol. The molecule has 0 aliphatic rings. The predicted molar refractivity (Wildman–Crippen MR) is 89.0 cm³/mol. The first kappa shape index (κ1) is 16.5. The predicted octanol–water partition coefficient (Wildman–Crippen LogP) is 2.63. The minimum Gasteiger partial charge on any atom is -0.481 e. The van der Waals surface area contributed by atoms with E-state index in [1.807, 2.05) is 6.92 Å². The van der Waals surface area contributed by atoms with Crippen molar-refractivity contribution in [2.75, 3.05) is 24.4 Å². The Hall–Kier alpha value is -2.89. The van der Waals surface area contributed by atoms with Gasteiger partial charge in [0, 0.05) is 31.3 Å². The maximum atomic E-state index is 12.6. The first-order chi connectivity index (χ1) is 10.9. The Morgan fingerprint density at radius 3 is 2.52 bits per heavy atom. The molecule has 2 amide bonds. The number of hydrogen-bond acceptors (Lipinski definition) is 4. The van der Waals surface area contributed by atoms with Gasteiger partial charge in [0.25, 0.3) is 5.91 Å². The molecular weight excluding hydrogens is 294 g/mol. The molecule has 0 unspecified atom stereocenters. The van der Waals surface area contributed by atoms with Gasteiger partial charge in [0.1, 0.15) is 0 Å². The van der Waals surface area contributed by atoms with Crippen molar-refractivity contribution in [1.82, 2.24) is 4.98 Å². The second-order valence-corrected chi connectivity index (χ2v) is 5.13. The lowest BCUT2D eigenvalue weighted by Crippen LogP contribution is -2.26. The second-order valence-electron chi connectivity index (χ2n) is 5.13. The molecule has 0 aliphatic carbocycles. The molecule has 2 rings (SSSR count). The molecule has 0 saturated carbocycles. The van der Waals surface area contributed by atoms with Gasteiger partial charge < -0.3 is 15.0 Å². The van der Waals surface area contributed by atoms with E-state index < -0.39 is 0 Å². The fourth-order valence-electron chi connectivity index (χ4n) is 2.08. The standard InChI is InChI=1S/C17H19N3O3/c1-11-5-6-13(9-15(11)19-12(2)21)17(22)20(3)14-7-8-16(23-4)18-10-14/h5-10H,1-4H3,(H,19,21). The van der Waals surface area contributed by atoms with Crippen LogP contribution in [0.4, 0.5) is 11.4 Å². The number of anilines is 2. The minimum atomic E-state index is -0.191. The van der Waals surface area contributed by atoms with E-state index in [0.717, 1.165) is 5.56 Å². The molecule has 0 saturated heterocycles. The molecule has 0 atom stereocenters. The van der Waals surface area contributed by atoms with Gasteiger partial charge in [-0.3, -0.25) is 9.59 Å². The average Bonchev–Trinajstić information content (AvgIpc) is 2.55. The topological polar surface area (TPSA) is 71.5 Å². The third-order valence-electron chi connectivity index (χ3n) is 3.42. The van der Waals surface area contributed by atoms with Gasteiger partial charge in [-0.15, -0.1) is 0 Å². The molecular formula is C17H19N3O3. The lowest BCUT2D eigenvalue weighted by molar-refractivity contribution is -0.114. The van der Waals surface area contributed by atoms with Crippen molar-refractivity contribution in [3.63, 3.8) is 0 Å². The first-order valence-electron chi connectivity index (χ1n) is 7.08. The number of ether oxygens (including phenoxy) is 1. The number of benzene rings is 1. The SMILES string of the molecule is COc1ccc(N(C)C(=O)c2ccc(C)c(NC(C)=O)c2)cn1. The van der Waals surface area contributed by atoms with Crippen molar-refractivity contribution in [1.29, 1.82) is 0 Å². The summed E-state index contributed by atoms with van der Waals surface area (Å²) >= 11 is 0. The summed E-state index contributed by atoms with van der Waals surface area (Å²) in [4.78, 5) is 29.4. The fourth-order valence-corrected chi connectivity index (χ4v) is 2.08. The Morgan fingerprint density at radius 2 is 1.96 bits per heavy atom. The van der Waals surface area contributed by atoms with Crippen LogP contribution < -0.4 is 15.0 Å². The highest BCUT2D eigenvalue weighted by Crippen LogP contribution is 2.21. The molecule has 23 heavy (non-hydrogen) atoms. The quantitative estimate of drug-likeness (QED) is 0.942. The van der Waals surface area contributed by atoms with Crippen molar-refractivity contribution >= 4 is 23.2 Å². The molecule has 0 bridgehead atoms. The van der Waals surface area contributed by atoms with E-state index in [4.69, 9.17) is 4.74 Å². The lowest BCUT2D eigenvalue weighted by Gasteiger charge is -2.18. The van der Waals surface area contributed by atoms with Crippen molar-refractivity contribution in [2.45, 2.75) is 13.8 Å². The van der Waals surface area contributed by atoms with Crippen LogP contribution in [-0.4, -0.2) is 31.0 Å². The molecule has 6 heteroatoms. The van der Waals surface area contributed by atoms with Gasteiger partial charge >= 0.3 is 0 Å². The number of carbonyl (C=O) groups excluding carboxylic acids is 2. The number of nitrogens with zero attached hydrogens (tertiary/aromatic N) is 2. The number of nitrogens with one attached hydrogen (secondary N) is 1. The Morgan fingerprint density at radius 1 is 1.22 bits per heavy atom. The molecule has 0 spiro atoms. The molecule has 0 fully saturated rings. The van der Waals surface area contributed by atoms with E-state index in [2.05, 4.69) is 10.3 Å². The van der Waals surface area contributed by atoms with Crippen LogP contribution in [-0.2, 0) is 4.79 Å². The van der Waals surface area contributed by atoms with E-state index >= 15 is 0 Å². The second kappa shape index (κ2) is 6.91. The molecule has 2 aromatic rings. The summed E-state index contributed by atoms with van der Waals surface area (Å²) in [5.41, 5.74) is 2.66. The number of aromatic nitrogens is 1. The summed E-state index contributed by atoms with van der Waals surface area (Å²) in [6.45, 7) is 3.31. The maximum Gasteiger partial charge on any atom is 0.258 e. The zero-order valence-corrected chi connectivity index (χ0v) is 13.6. The number of hydrogen-bond donors (Lipinski definition) is 1. The number of pyridine rings is 1. The van der Waals surface area contributed by atoms with Crippen LogP contribution in [0.15, 0.2) is 36.5 Å². The van der Waals surface area contributed by atoms with E-state index in [1.165, 1.54) is 18.9 Å². The Labute approximate surface area is 135 Å². The van der Waals surface area contributed by atoms with Gasteiger partial charge in [0.05, 0.1) is 19.0 Å². The van der Waals surface area contributed by atoms with Crippen LogP contribution in [0.3, 0.4) is 0 Å². The smallest absolute Gasteiger partial charge is 0.258 e. The first-order valence-corrected chi connectivity index (χ1v) is 7.08. The number of amides is 2. The van der Waals surface area contributed by atoms with E-state index in [9.17, 15) is 9.59 Å². The molecule has 0 aliphatic heterocycles. The molecule has 1 N–H and O–H groups in total. The van der Waals surface area contributed by atoms with Crippen molar-refractivity contribution in [3.05, 3.63) is 47.7 Å². The fraction of sp³-hybridized carbons (Fsp3) is 0.235. The molecule has 0 radical (unpaired) electrons. The highest BCUT2D eigenvalue weighted by Gasteiger charge is 2.15. The van der Waals surface area contributed by atoms with E-state index in [1.54, 1.807) is 43.6 Å². The van der Waals surface area contributed by atoms with Crippen molar-refractivity contribution in [2.24, 2.45) is 0 Å². The summed E-state index contributed by atoms with van der Waals surface area (Å²) in [7, 11) is 3.20. The summed E-state index contributed by atoms with van der Waals surface area (Å²) in [6.07, 6.45) is 1.57. The van der Waals surface area contributed by atoms with Crippen LogP contribution in [0.2, 0.25) is 0 Å². The van der Waals surface area contributed by atoms with Crippen molar-refractivity contribution in [3.8, 4) is 5.88 Å². The molecule has 1 heterocycles. The third-order valence-corrected chi connectivity index (χ3v) is 3.42. The number of methoxy groups -OCH3 is 1. The van der Waals surface area contributed by atoms with Gasteiger partial charge in [-0.1, -0.05) is 6.07 Å². The van der Waals surface area contributed by atoms with Gasteiger partial charge in [-0.25, -0.2) is 4.98 Å². The normalized spacial score (nSPS) is 10.1. The molecule has 120 valence electrons. The van der Waals surface area contributed by atoms with Gasteiger partial charge in [0.15, 0.2) is 0 Å². The Kier molecular flexibility index (Phi) is 4.95. The van der Waals surface area contributed by atoms with Crippen LogP contribution >= 0.6 is 0 Å². The monoisotopic (exact) mass is 313 g/mol. The van der Waals surface area contributed by atoms with Gasteiger partial charge in [-0.05, 0) is 30.7 Å². The van der Waals surface area contributed by atoms with Crippen LogP contribution in [0.1, 0.15) is 22.8 Å². The van der Waals surface area contributed by atoms with Crippen LogP contribution in [0.25, 0.3) is 0 Å². The highest BCUT2D eigenvalue weighted by atomic mass is 16.5. The van der Waals surface area contributed by atoms with Gasteiger partial charge in [-0.2, -0.15) is 0 Å². The van der Waals surface area contributed by atoms with Gasteiger partial charge in [0.2, 0.25) is 11.8 Å². The maximum absolute atomic E-state index is 12.6. The summed E-state index contributed by atoms with van der Waals surface area (Å²) < 4.78 is 5.01. The highest BCUT2D eigenvalue weighted by molar-refractivity contribution is 6.06.